The fraction of sp³-hybridized carbons (Fsp3) is 0.571. The van der Waals surface area contributed by atoms with Gasteiger partial charge in [-0.1, -0.05) is 11.6 Å². The SMILES string of the molecule is Cc1nn(CCS)c(C)c1Cl. The van der Waals surface area contributed by atoms with Crippen molar-refractivity contribution in [1.29, 1.82) is 0 Å². The molecule has 0 amide bonds. The summed E-state index contributed by atoms with van der Waals surface area (Å²) >= 11 is 10.0. The largest absolute Gasteiger partial charge is 0.267 e. The van der Waals surface area contributed by atoms with Gasteiger partial charge in [-0.25, -0.2) is 0 Å². The van der Waals surface area contributed by atoms with Crippen LogP contribution in [0.1, 0.15) is 11.4 Å². The number of halogens is 1. The van der Waals surface area contributed by atoms with Gasteiger partial charge in [0.15, 0.2) is 0 Å². The topological polar surface area (TPSA) is 17.8 Å². The van der Waals surface area contributed by atoms with Crippen molar-refractivity contribution in [1.82, 2.24) is 9.78 Å². The molecule has 0 bridgehead atoms. The zero-order valence-corrected chi connectivity index (χ0v) is 8.28. The summed E-state index contributed by atoms with van der Waals surface area (Å²) in [7, 11) is 0. The maximum absolute atomic E-state index is 5.93. The Morgan fingerprint density at radius 2 is 2.18 bits per heavy atom. The van der Waals surface area contributed by atoms with Crippen LogP contribution < -0.4 is 0 Å². The van der Waals surface area contributed by atoms with Crippen LogP contribution in [-0.4, -0.2) is 15.5 Å². The summed E-state index contributed by atoms with van der Waals surface area (Å²) in [4.78, 5) is 0. The lowest BCUT2D eigenvalue weighted by atomic mass is 10.4. The van der Waals surface area contributed by atoms with Crippen LogP contribution in [0.5, 0.6) is 0 Å². The predicted molar refractivity (Wildman–Crippen MR) is 50.6 cm³/mol. The van der Waals surface area contributed by atoms with Crippen molar-refractivity contribution < 1.29 is 0 Å². The van der Waals surface area contributed by atoms with Crippen molar-refractivity contribution in [2.24, 2.45) is 0 Å². The Bertz CT molecular complexity index is 257. The van der Waals surface area contributed by atoms with E-state index in [2.05, 4.69) is 17.7 Å². The van der Waals surface area contributed by atoms with Crippen LogP contribution >= 0.6 is 24.2 Å². The molecule has 0 aliphatic rings. The van der Waals surface area contributed by atoms with Crippen molar-refractivity contribution in [2.45, 2.75) is 20.4 Å². The lowest BCUT2D eigenvalue weighted by Gasteiger charge is -1.99. The Kier molecular flexibility index (Phi) is 2.84. The third-order valence-corrected chi connectivity index (χ3v) is 2.35. The highest BCUT2D eigenvalue weighted by atomic mass is 35.5. The Balaban J connectivity index is 2.98. The van der Waals surface area contributed by atoms with Crippen LogP contribution in [0.4, 0.5) is 0 Å². The summed E-state index contributed by atoms with van der Waals surface area (Å²) < 4.78 is 1.88. The van der Waals surface area contributed by atoms with E-state index in [1.807, 2.05) is 18.5 Å². The molecule has 1 heterocycles. The van der Waals surface area contributed by atoms with Gasteiger partial charge in [-0.05, 0) is 13.8 Å². The fourth-order valence-electron chi connectivity index (χ4n) is 0.988. The van der Waals surface area contributed by atoms with Crippen LogP contribution in [0.2, 0.25) is 5.02 Å². The molecule has 0 aliphatic carbocycles. The van der Waals surface area contributed by atoms with Gasteiger partial charge in [-0.15, -0.1) is 0 Å². The molecule has 62 valence electrons. The second-order valence-corrected chi connectivity index (χ2v) is 3.26. The molecule has 4 heteroatoms. The molecule has 0 saturated carbocycles. The van der Waals surface area contributed by atoms with Gasteiger partial charge in [0.2, 0.25) is 0 Å². The number of aromatic nitrogens is 2. The average molecular weight is 191 g/mol. The standard InChI is InChI=1S/C7H11ClN2S/c1-5-7(8)6(2)10(9-5)3-4-11/h11H,3-4H2,1-2H3. The zero-order chi connectivity index (χ0) is 8.43. The first kappa shape index (κ1) is 8.94. The fourth-order valence-corrected chi connectivity index (χ4v) is 1.31. The third kappa shape index (κ3) is 1.71. The van der Waals surface area contributed by atoms with Gasteiger partial charge in [0.05, 0.1) is 23.0 Å². The summed E-state index contributed by atoms with van der Waals surface area (Å²) in [6, 6.07) is 0. The van der Waals surface area contributed by atoms with Crippen molar-refractivity contribution in [2.75, 3.05) is 5.75 Å². The molecule has 1 aromatic heterocycles. The molecular formula is C7H11ClN2S. The maximum atomic E-state index is 5.93. The Morgan fingerprint density at radius 3 is 2.55 bits per heavy atom. The molecule has 1 rings (SSSR count). The summed E-state index contributed by atoms with van der Waals surface area (Å²) in [6.07, 6.45) is 0. The van der Waals surface area contributed by atoms with Crippen LogP contribution in [0.3, 0.4) is 0 Å². The van der Waals surface area contributed by atoms with E-state index in [0.717, 1.165) is 28.7 Å². The molecule has 0 fully saturated rings. The number of thiol groups is 1. The number of aryl methyl sites for hydroxylation is 2. The van der Waals surface area contributed by atoms with Gasteiger partial charge in [0.1, 0.15) is 0 Å². The highest BCUT2D eigenvalue weighted by molar-refractivity contribution is 7.80. The highest BCUT2D eigenvalue weighted by Gasteiger charge is 2.07. The second-order valence-electron chi connectivity index (χ2n) is 2.43. The third-order valence-electron chi connectivity index (χ3n) is 1.60. The van der Waals surface area contributed by atoms with E-state index in [9.17, 15) is 0 Å². The first-order valence-electron chi connectivity index (χ1n) is 3.47. The lowest BCUT2D eigenvalue weighted by molar-refractivity contribution is 0.641. The quantitative estimate of drug-likeness (QED) is 0.708. The zero-order valence-electron chi connectivity index (χ0n) is 6.63. The van der Waals surface area contributed by atoms with E-state index in [4.69, 9.17) is 11.6 Å². The molecule has 11 heavy (non-hydrogen) atoms. The minimum absolute atomic E-state index is 0.770. The monoisotopic (exact) mass is 190 g/mol. The van der Waals surface area contributed by atoms with Crippen molar-refractivity contribution in [3.63, 3.8) is 0 Å². The minimum atomic E-state index is 0.770. The predicted octanol–water partition coefficient (Wildman–Crippen LogP) is 2.08. The Hall–Kier alpha value is -0.150. The van der Waals surface area contributed by atoms with Crippen LogP contribution in [-0.2, 0) is 6.54 Å². The Morgan fingerprint density at radius 1 is 1.55 bits per heavy atom. The minimum Gasteiger partial charge on any atom is -0.267 e. The molecule has 0 aliphatic heterocycles. The first-order valence-corrected chi connectivity index (χ1v) is 4.48. The first-order chi connectivity index (χ1) is 5.16. The molecule has 0 spiro atoms. The number of hydrogen-bond acceptors (Lipinski definition) is 2. The van der Waals surface area contributed by atoms with Crippen LogP contribution in [0, 0.1) is 13.8 Å². The summed E-state index contributed by atoms with van der Waals surface area (Å²) in [5.41, 5.74) is 1.92. The molecule has 2 nitrogen and oxygen atoms in total. The van der Waals surface area contributed by atoms with Gasteiger partial charge < -0.3 is 0 Å². The normalized spacial score (nSPS) is 10.5. The number of nitrogens with zero attached hydrogens (tertiary/aromatic N) is 2. The van der Waals surface area contributed by atoms with Gasteiger partial charge in [-0.2, -0.15) is 17.7 Å². The molecule has 0 radical (unpaired) electrons. The van der Waals surface area contributed by atoms with E-state index in [1.165, 1.54) is 0 Å². The van der Waals surface area contributed by atoms with Crippen LogP contribution in [0.25, 0.3) is 0 Å². The summed E-state index contributed by atoms with van der Waals surface area (Å²) in [5, 5.41) is 5.01. The van der Waals surface area contributed by atoms with Crippen LogP contribution in [0.15, 0.2) is 0 Å². The van der Waals surface area contributed by atoms with Crippen molar-refractivity contribution >= 4 is 24.2 Å². The molecule has 0 atom stereocenters. The number of hydrogen-bond donors (Lipinski definition) is 1. The molecular weight excluding hydrogens is 180 g/mol. The Labute approximate surface area is 77.0 Å². The number of rotatable bonds is 2. The highest BCUT2D eigenvalue weighted by Crippen LogP contribution is 2.18. The van der Waals surface area contributed by atoms with Gasteiger partial charge in [0, 0.05) is 5.75 Å². The van der Waals surface area contributed by atoms with E-state index in [0.29, 0.717) is 0 Å². The van der Waals surface area contributed by atoms with Gasteiger partial charge in [-0.3, -0.25) is 4.68 Å². The molecule has 0 aromatic carbocycles. The van der Waals surface area contributed by atoms with Crippen molar-refractivity contribution in [3.05, 3.63) is 16.4 Å². The van der Waals surface area contributed by atoms with E-state index in [-0.39, 0.29) is 0 Å². The summed E-state index contributed by atoms with van der Waals surface area (Å²) in [6.45, 7) is 4.69. The van der Waals surface area contributed by atoms with E-state index < -0.39 is 0 Å². The van der Waals surface area contributed by atoms with Gasteiger partial charge in [0.25, 0.3) is 0 Å². The van der Waals surface area contributed by atoms with E-state index in [1.54, 1.807) is 0 Å². The lowest BCUT2D eigenvalue weighted by Crippen LogP contribution is -2.03. The van der Waals surface area contributed by atoms with Crippen molar-refractivity contribution in [3.8, 4) is 0 Å². The second kappa shape index (κ2) is 3.50. The van der Waals surface area contributed by atoms with E-state index >= 15 is 0 Å². The maximum Gasteiger partial charge on any atom is 0.0844 e. The average Bonchev–Trinajstić information content (AvgIpc) is 2.19. The smallest absolute Gasteiger partial charge is 0.0844 e. The summed E-state index contributed by atoms with van der Waals surface area (Å²) in [5.74, 6) is 0.790. The molecule has 0 saturated heterocycles. The molecule has 1 aromatic rings. The molecule has 0 N–H and O–H groups in total. The van der Waals surface area contributed by atoms with Gasteiger partial charge >= 0.3 is 0 Å². The molecule has 0 unspecified atom stereocenters.